The Bertz CT molecular complexity index is 681. The van der Waals surface area contributed by atoms with Crippen LogP contribution in [0.1, 0.15) is 11.4 Å². The summed E-state index contributed by atoms with van der Waals surface area (Å²) in [5.74, 6) is 0.439. The number of aromatic nitrogens is 2. The fourth-order valence-corrected chi connectivity index (χ4v) is 2.03. The highest BCUT2D eigenvalue weighted by Crippen LogP contribution is 2.29. The zero-order valence-corrected chi connectivity index (χ0v) is 11.8. The van der Waals surface area contributed by atoms with Gasteiger partial charge in [-0.05, 0) is 12.5 Å². The molecule has 0 N–H and O–H groups in total. The molecule has 6 nitrogen and oxygen atoms in total. The highest BCUT2D eigenvalue weighted by Gasteiger charge is 2.09. The van der Waals surface area contributed by atoms with Crippen molar-refractivity contribution in [3.63, 3.8) is 0 Å². The molecule has 1 aromatic carbocycles. The Labute approximate surface area is 124 Å². The average Bonchev–Trinajstić information content (AvgIpc) is 2.37. The Balaban J connectivity index is 2.35. The highest BCUT2D eigenvalue weighted by atomic mass is 35.5. The first-order valence-corrected chi connectivity index (χ1v) is 6.21. The van der Waals surface area contributed by atoms with Crippen LogP contribution < -0.4 is 0 Å². The van der Waals surface area contributed by atoms with Crippen molar-refractivity contribution >= 4 is 40.8 Å². The van der Waals surface area contributed by atoms with Gasteiger partial charge in [0.2, 0.25) is 0 Å². The summed E-state index contributed by atoms with van der Waals surface area (Å²) in [6, 6.07) is 6.02. The molecule has 0 fully saturated rings. The lowest BCUT2D eigenvalue weighted by Crippen LogP contribution is -1.91. The van der Waals surface area contributed by atoms with Gasteiger partial charge in [0.25, 0.3) is 5.69 Å². The standard InChI is InChI=1S/C12H8Cl2N4O2/c1-7-16-11(13)10(12(14)17-7)15-6-8-3-2-4-9(5-8)18(19)20/h2-6H,1H3. The molecular weight excluding hydrogens is 303 g/mol. The van der Waals surface area contributed by atoms with E-state index in [1.807, 2.05) is 0 Å². The van der Waals surface area contributed by atoms with E-state index in [0.29, 0.717) is 11.4 Å². The van der Waals surface area contributed by atoms with E-state index in [4.69, 9.17) is 23.2 Å². The molecule has 0 spiro atoms. The molecule has 0 radical (unpaired) electrons. The molecule has 0 bridgehead atoms. The Morgan fingerprint density at radius 3 is 2.55 bits per heavy atom. The summed E-state index contributed by atoms with van der Waals surface area (Å²) in [5, 5.41) is 10.9. The second-order valence-electron chi connectivity index (χ2n) is 3.81. The molecule has 0 aliphatic carbocycles. The molecule has 102 valence electrons. The van der Waals surface area contributed by atoms with Crippen molar-refractivity contribution in [2.75, 3.05) is 0 Å². The van der Waals surface area contributed by atoms with Gasteiger partial charge < -0.3 is 0 Å². The van der Waals surface area contributed by atoms with E-state index in [9.17, 15) is 10.1 Å². The fraction of sp³-hybridized carbons (Fsp3) is 0.0833. The molecule has 0 aliphatic heterocycles. The lowest BCUT2D eigenvalue weighted by atomic mass is 10.2. The quantitative estimate of drug-likeness (QED) is 0.374. The molecule has 0 saturated carbocycles. The first-order chi connectivity index (χ1) is 9.47. The van der Waals surface area contributed by atoms with Crippen LogP contribution in [0.5, 0.6) is 0 Å². The summed E-state index contributed by atoms with van der Waals surface area (Å²) in [4.78, 5) is 22.2. The van der Waals surface area contributed by atoms with Crippen LogP contribution in [0, 0.1) is 17.0 Å². The van der Waals surface area contributed by atoms with Crippen LogP contribution in [-0.4, -0.2) is 21.1 Å². The second kappa shape index (κ2) is 5.94. The molecule has 2 aromatic rings. The number of aliphatic imine (C=N–C) groups is 1. The van der Waals surface area contributed by atoms with E-state index in [1.165, 1.54) is 18.3 Å². The van der Waals surface area contributed by atoms with E-state index in [2.05, 4.69) is 15.0 Å². The summed E-state index contributed by atoms with van der Waals surface area (Å²) in [5.41, 5.74) is 0.753. The Morgan fingerprint density at radius 1 is 1.30 bits per heavy atom. The van der Waals surface area contributed by atoms with Gasteiger partial charge in [-0.2, -0.15) is 0 Å². The van der Waals surface area contributed by atoms with E-state index in [0.717, 1.165) is 0 Å². The van der Waals surface area contributed by atoms with Crippen molar-refractivity contribution in [2.45, 2.75) is 6.92 Å². The van der Waals surface area contributed by atoms with Crippen molar-refractivity contribution in [3.8, 4) is 0 Å². The van der Waals surface area contributed by atoms with Gasteiger partial charge in [0, 0.05) is 18.3 Å². The predicted molar refractivity (Wildman–Crippen MR) is 77.1 cm³/mol. The minimum atomic E-state index is -0.480. The van der Waals surface area contributed by atoms with Crippen molar-refractivity contribution in [3.05, 3.63) is 56.1 Å². The van der Waals surface area contributed by atoms with E-state index >= 15 is 0 Å². The van der Waals surface area contributed by atoms with Crippen LogP contribution >= 0.6 is 23.2 Å². The van der Waals surface area contributed by atoms with Gasteiger partial charge in [-0.15, -0.1) is 0 Å². The number of benzene rings is 1. The van der Waals surface area contributed by atoms with Crippen LogP contribution in [0.25, 0.3) is 0 Å². The predicted octanol–water partition coefficient (Wildman–Crippen LogP) is 3.75. The van der Waals surface area contributed by atoms with Gasteiger partial charge >= 0.3 is 0 Å². The molecule has 8 heteroatoms. The van der Waals surface area contributed by atoms with Crippen molar-refractivity contribution in [1.29, 1.82) is 0 Å². The normalized spacial score (nSPS) is 10.9. The van der Waals surface area contributed by atoms with Crippen molar-refractivity contribution < 1.29 is 4.92 Å². The van der Waals surface area contributed by atoms with Gasteiger partial charge in [0.1, 0.15) is 11.5 Å². The molecule has 2 rings (SSSR count). The maximum absolute atomic E-state index is 10.7. The van der Waals surface area contributed by atoms with Gasteiger partial charge in [-0.3, -0.25) is 10.1 Å². The number of nitro groups is 1. The van der Waals surface area contributed by atoms with Gasteiger partial charge in [0.05, 0.1) is 4.92 Å². The maximum Gasteiger partial charge on any atom is 0.270 e. The van der Waals surface area contributed by atoms with Gasteiger partial charge in [-0.1, -0.05) is 35.3 Å². The number of nitrogens with zero attached hydrogens (tertiary/aromatic N) is 4. The first kappa shape index (κ1) is 14.4. The third-order valence-electron chi connectivity index (χ3n) is 2.33. The summed E-state index contributed by atoms with van der Waals surface area (Å²) in [6.07, 6.45) is 1.42. The van der Waals surface area contributed by atoms with E-state index < -0.39 is 4.92 Å². The largest absolute Gasteiger partial charge is 0.270 e. The molecule has 0 atom stereocenters. The number of non-ortho nitro benzene ring substituents is 1. The number of aryl methyl sites for hydroxylation is 1. The zero-order valence-electron chi connectivity index (χ0n) is 10.2. The summed E-state index contributed by atoms with van der Waals surface area (Å²) in [7, 11) is 0. The maximum atomic E-state index is 10.7. The second-order valence-corrected chi connectivity index (χ2v) is 4.53. The summed E-state index contributed by atoms with van der Waals surface area (Å²) < 4.78 is 0. The zero-order chi connectivity index (χ0) is 14.7. The molecule has 0 unspecified atom stereocenters. The molecule has 20 heavy (non-hydrogen) atoms. The Kier molecular flexibility index (Phi) is 4.26. The van der Waals surface area contributed by atoms with Gasteiger partial charge in [-0.25, -0.2) is 15.0 Å². The summed E-state index contributed by atoms with van der Waals surface area (Å²) >= 11 is 11.9. The number of nitro benzene ring substituents is 1. The smallest absolute Gasteiger partial charge is 0.258 e. The average molecular weight is 311 g/mol. The van der Waals surface area contributed by atoms with Crippen molar-refractivity contribution in [1.82, 2.24) is 9.97 Å². The number of halogens is 2. The molecule has 1 aromatic heterocycles. The van der Waals surface area contributed by atoms with Crippen LogP contribution in [0.4, 0.5) is 11.4 Å². The minimum Gasteiger partial charge on any atom is -0.258 e. The van der Waals surface area contributed by atoms with Crippen LogP contribution in [0.2, 0.25) is 10.3 Å². The van der Waals surface area contributed by atoms with Crippen LogP contribution in [0.15, 0.2) is 29.3 Å². The third-order valence-corrected chi connectivity index (χ3v) is 2.86. The highest BCUT2D eigenvalue weighted by molar-refractivity contribution is 6.37. The number of hydrogen-bond donors (Lipinski definition) is 0. The minimum absolute atomic E-state index is 0.0219. The molecule has 1 heterocycles. The molecule has 0 saturated heterocycles. The molecule has 0 amide bonds. The lowest BCUT2D eigenvalue weighted by Gasteiger charge is -2.01. The summed E-state index contributed by atoms with van der Waals surface area (Å²) in [6.45, 7) is 1.66. The first-order valence-electron chi connectivity index (χ1n) is 5.45. The monoisotopic (exact) mass is 310 g/mol. The van der Waals surface area contributed by atoms with E-state index in [1.54, 1.807) is 19.1 Å². The molecule has 0 aliphatic rings. The SMILES string of the molecule is Cc1nc(Cl)c(N=Cc2cccc([N+](=O)[O-])c2)c(Cl)n1. The lowest BCUT2D eigenvalue weighted by molar-refractivity contribution is -0.384. The Hall–Kier alpha value is -2.05. The van der Waals surface area contributed by atoms with E-state index in [-0.39, 0.29) is 21.7 Å². The van der Waals surface area contributed by atoms with Gasteiger partial charge in [0.15, 0.2) is 10.3 Å². The topological polar surface area (TPSA) is 81.3 Å². The van der Waals surface area contributed by atoms with Crippen LogP contribution in [-0.2, 0) is 0 Å². The van der Waals surface area contributed by atoms with Crippen molar-refractivity contribution in [2.24, 2.45) is 4.99 Å². The molecular formula is C12H8Cl2N4O2. The van der Waals surface area contributed by atoms with Crippen LogP contribution in [0.3, 0.4) is 0 Å². The number of hydrogen-bond acceptors (Lipinski definition) is 5. The number of rotatable bonds is 3. The Morgan fingerprint density at radius 2 is 1.95 bits per heavy atom. The third kappa shape index (κ3) is 3.28. The fourth-order valence-electron chi connectivity index (χ4n) is 1.46.